The Morgan fingerprint density at radius 3 is 2.28 bits per heavy atom. The summed E-state index contributed by atoms with van der Waals surface area (Å²) in [5.41, 5.74) is 1.25. The van der Waals surface area contributed by atoms with Gasteiger partial charge in [0.1, 0.15) is 11.5 Å². The van der Waals surface area contributed by atoms with Crippen LogP contribution in [0.25, 0.3) is 0 Å². The van der Waals surface area contributed by atoms with E-state index < -0.39 is 6.61 Å². The molecule has 0 aliphatic heterocycles. The van der Waals surface area contributed by atoms with Gasteiger partial charge in [0.15, 0.2) is 6.61 Å². The second kappa shape index (κ2) is 8.64. The zero-order valence-electron chi connectivity index (χ0n) is 13.4. The number of ether oxygens (including phenoxy) is 2. The highest BCUT2D eigenvalue weighted by atomic mass is 19.3. The molecule has 0 spiro atoms. The molecule has 0 saturated carbocycles. The molecule has 5 nitrogen and oxygen atoms in total. The van der Waals surface area contributed by atoms with Gasteiger partial charge in [0.05, 0.1) is 17.7 Å². The van der Waals surface area contributed by atoms with E-state index in [0.717, 1.165) is 5.56 Å². The fourth-order valence-electron chi connectivity index (χ4n) is 2.08. The number of nitrogens with one attached hydrogen (secondary N) is 1. The van der Waals surface area contributed by atoms with E-state index in [9.17, 15) is 13.6 Å². The van der Waals surface area contributed by atoms with E-state index >= 15 is 0 Å². The molecule has 0 fully saturated rings. The van der Waals surface area contributed by atoms with Gasteiger partial charge in [-0.3, -0.25) is 4.79 Å². The van der Waals surface area contributed by atoms with Crippen molar-refractivity contribution in [3.63, 3.8) is 0 Å². The van der Waals surface area contributed by atoms with Crippen molar-refractivity contribution in [2.45, 2.75) is 19.6 Å². The summed E-state index contributed by atoms with van der Waals surface area (Å²) in [5.74, 6) is 0.210. The predicted molar refractivity (Wildman–Crippen MR) is 86.3 cm³/mol. The number of halogens is 2. The quantitative estimate of drug-likeness (QED) is 0.834. The van der Waals surface area contributed by atoms with Gasteiger partial charge in [-0.2, -0.15) is 14.0 Å². The van der Waals surface area contributed by atoms with Gasteiger partial charge < -0.3 is 14.8 Å². The minimum Gasteiger partial charge on any atom is -0.484 e. The molecular formula is C18H16F2N2O3. The molecule has 1 amide bonds. The van der Waals surface area contributed by atoms with Gasteiger partial charge in [0.2, 0.25) is 0 Å². The highest BCUT2D eigenvalue weighted by molar-refractivity contribution is 5.78. The van der Waals surface area contributed by atoms with Crippen molar-refractivity contribution in [3.05, 3.63) is 59.7 Å². The smallest absolute Gasteiger partial charge is 0.387 e. The Balaban J connectivity index is 1.83. The Labute approximate surface area is 143 Å². The molecule has 7 heteroatoms. The van der Waals surface area contributed by atoms with Crippen molar-refractivity contribution in [2.75, 3.05) is 6.61 Å². The van der Waals surface area contributed by atoms with E-state index in [4.69, 9.17) is 10.00 Å². The summed E-state index contributed by atoms with van der Waals surface area (Å²) < 4.78 is 33.8. The third kappa shape index (κ3) is 5.77. The molecule has 0 aromatic heterocycles. The number of nitriles is 1. The van der Waals surface area contributed by atoms with Crippen molar-refractivity contribution in [1.82, 2.24) is 5.32 Å². The molecule has 1 atom stereocenters. The molecule has 2 aromatic rings. The van der Waals surface area contributed by atoms with Crippen LogP contribution in [0.3, 0.4) is 0 Å². The van der Waals surface area contributed by atoms with E-state index in [1.807, 2.05) is 6.07 Å². The lowest BCUT2D eigenvalue weighted by molar-refractivity contribution is -0.123. The van der Waals surface area contributed by atoms with Crippen molar-refractivity contribution < 1.29 is 23.0 Å². The molecule has 2 aromatic carbocycles. The molecule has 0 saturated heterocycles. The number of benzene rings is 2. The Bertz CT molecular complexity index is 740. The molecule has 0 heterocycles. The first-order chi connectivity index (χ1) is 12.0. The lowest BCUT2D eigenvalue weighted by Crippen LogP contribution is -2.31. The number of hydrogen-bond acceptors (Lipinski definition) is 4. The predicted octanol–water partition coefficient (Wildman–Crippen LogP) is 3.42. The summed E-state index contributed by atoms with van der Waals surface area (Å²) in [4.78, 5) is 11.9. The summed E-state index contributed by atoms with van der Waals surface area (Å²) >= 11 is 0. The van der Waals surface area contributed by atoms with E-state index in [-0.39, 0.29) is 24.3 Å². The molecule has 1 unspecified atom stereocenters. The van der Waals surface area contributed by atoms with Crippen LogP contribution in [0, 0.1) is 11.3 Å². The Morgan fingerprint density at radius 2 is 1.72 bits per heavy atom. The van der Waals surface area contributed by atoms with Crippen LogP contribution in [-0.4, -0.2) is 19.1 Å². The van der Waals surface area contributed by atoms with E-state index in [1.165, 1.54) is 12.1 Å². The van der Waals surface area contributed by atoms with Gasteiger partial charge in [0.25, 0.3) is 5.91 Å². The molecule has 130 valence electrons. The van der Waals surface area contributed by atoms with E-state index in [1.54, 1.807) is 43.3 Å². The standard InChI is InChI=1S/C18H16F2N2O3/c1-12(14-4-8-16(9-5-14)25-18(19)20)22-17(23)11-24-15-6-2-13(10-21)3-7-15/h2-9,12,18H,11H2,1H3,(H,22,23). The van der Waals surface area contributed by atoms with Gasteiger partial charge >= 0.3 is 6.61 Å². The number of nitrogens with zero attached hydrogens (tertiary/aromatic N) is 1. The molecule has 0 aliphatic rings. The summed E-state index contributed by atoms with van der Waals surface area (Å²) in [6.45, 7) is -1.28. The number of hydrogen-bond donors (Lipinski definition) is 1. The molecule has 1 N–H and O–H groups in total. The van der Waals surface area contributed by atoms with Crippen LogP contribution in [0.4, 0.5) is 8.78 Å². The van der Waals surface area contributed by atoms with Crippen LogP contribution >= 0.6 is 0 Å². The first-order valence-electron chi connectivity index (χ1n) is 7.45. The normalized spacial score (nSPS) is 11.5. The second-order valence-corrected chi connectivity index (χ2v) is 5.16. The molecular weight excluding hydrogens is 330 g/mol. The lowest BCUT2D eigenvalue weighted by Gasteiger charge is -2.15. The SMILES string of the molecule is CC(NC(=O)COc1ccc(C#N)cc1)c1ccc(OC(F)F)cc1. The molecule has 0 radical (unpaired) electrons. The monoisotopic (exact) mass is 346 g/mol. The van der Waals surface area contributed by atoms with Gasteiger partial charge in [-0.05, 0) is 48.9 Å². The summed E-state index contributed by atoms with van der Waals surface area (Å²) in [6.07, 6.45) is 0. The van der Waals surface area contributed by atoms with Gasteiger partial charge in [-0.25, -0.2) is 0 Å². The molecule has 0 bridgehead atoms. The van der Waals surface area contributed by atoms with Crippen molar-refractivity contribution in [3.8, 4) is 17.6 Å². The molecule has 2 rings (SSSR count). The summed E-state index contributed by atoms with van der Waals surface area (Å²) in [7, 11) is 0. The molecule has 0 aliphatic carbocycles. The van der Waals surface area contributed by atoms with Crippen LogP contribution in [-0.2, 0) is 4.79 Å². The average molecular weight is 346 g/mol. The minimum absolute atomic E-state index is 0.0569. The second-order valence-electron chi connectivity index (χ2n) is 5.16. The van der Waals surface area contributed by atoms with E-state index in [0.29, 0.717) is 11.3 Å². The fraction of sp³-hybridized carbons (Fsp3) is 0.222. The van der Waals surface area contributed by atoms with Gasteiger partial charge in [-0.15, -0.1) is 0 Å². The topological polar surface area (TPSA) is 71.3 Å². The lowest BCUT2D eigenvalue weighted by atomic mass is 10.1. The van der Waals surface area contributed by atoms with Crippen molar-refractivity contribution >= 4 is 5.91 Å². The summed E-state index contributed by atoms with van der Waals surface area (Å²) in [5, 5.41) is 11.5. The largest absolute Gasteiger partial charge is 0.484 e. The first kappa shape index (κ1) is 18.2. The Kier molecular flexibility index (Phi) is 6.29. The Hall–Kier alpha value is -3.14. The zero-order chi connectivity index (χ0) is 18.2. The highest BCUT2D eigenvalue weighted by Gasteiger charge is 2.11. The number of carbonyl (C=O) groups excluding carboxylic acids is 1. The van der Waals surface area contributed by atoms with Gasteiger partial charge in [-0.1, -0.05) is 12.1 Å². The van der Waals surface area contributed by atoms with Crippen molar-refractivity contribution in [1.29, 1.82) is 5.26 Å². The average Bonchev–Trinajstić information content (AvgIpc) is 2.60. The van der Waals surface area contributed by atoms with Crippen LogP contribution < -0.4 is 14.8 Å². The third-order valence-electron chi connectivity index (χ3n) is 3.34. The van der Waals surface area contributed by atoms with Crippen LogP contribution in [0.5, 0.6) is 11.5 Å². The van der Waals surface area contributed by atoms with Crippen LogP contribution in [0.15, 0.2) is 48.5 Å². The van der Waals surface area contributed by atoms with Gasteiger partial charge in [0, 0.05) is 0 Å². The van der Waals surface area contributed by atoms with Crippen LogP contribution in [0.1, 0.15) is 24.1 Å². The number of amides is 1. The van der Waals surface area contributed by atoms with Crippen molar-refractivity contribution in [2.24, 2.45) is 0 Å². The maximum absolute atomic E-state index is 12.1. The zero-order valence-corrected chi connectivity index (χ0v) is 13.4. The third-order valence-corrected chi connectivity index (χ3v) is 3.34. The Morgan fingerprint density at radius 1 is 1.12 bits per heavy atom. The minimum atomic E-state index is -2.87. The number of carbonyl (C=O) groups is 1. The first-order valence-corrected chi connectivity index (χ1v) is 7.45. The maximum Gasteiger partial charge on any atom is 0.387 e. The highest BCUT2D eigenvalue weighted by Crippen LogP contribution is 2.19. The molecule has 25 heavy (non-hydrogen) atoms. The number of rotatable bonds is 7. The van der Waals surface area contributed by atoms with E-state index in [2.05, 4.69) is 10.1 Å². The fourth-order valence-corrected chi connectivity index (χ4v) is 2.08. The van der Waals surface area contributed by atoms with Crippen LogP contribution in [0.2, 0.25) is 0 Å². The number of alkyl halides is 2. The summed E-state index contributed by atoms with van der Waals surface area (Å²) in [6, 6.07) is 14.1. The maximum atomic E-state index is 12.1.